The summed E-state index contributed by atoms with van der Waals surface area (Å²) in [5.74, 6) is -0.135. The van der Waals surface area contributed by atoms with Gasteiger partial charge in [0.25, 0.3) is 0 Å². The van der Waals surface area contributed by atoms with Gasteiger partial charge in [-0.05, 0) is 36.4 Å². The summed E-state index contributed by atoms with van der Waals surface area (Å²) in [5.41, 5.74) is 0.664. The van der Waals surface area contributed by atoms with Crippen LogP contribution in [-0.2, 0) is 9.47 Å². The minimum atomic E-state index is -0.480. The molecule has 138 valence electrons. The zero-order chi connectivity index (χ0) is 19.1. The second-order valence-corrected chi connectivity index (χ2v) is 5.78. The molecule has 6 nitrogen and oxygen atoms in total. The molecular weight excluding hydrogens is 383 g/mol. The molecule has 0 aliphatic heterocycles. The molecule has 0 bridgehead atoms. The monoisotopic (exact) mass is 398 g/mol. The highest BCUT2D eigenvalue weighted by molar-refractivity contribution is 6.32. The van der Waals surface area contributed by atoms with Gasteiger partial charge in [0.2, 0.25) is 0 Å². The van der Waals surface area contributed by atoms with Crippen molar-refractivity contribution >= 4 is 35.1 Å². The Morgan fingerprint density at radius 1 is 0.769 bits per heavy atom. The number of carbonyl (C=O) groups excluding carboxylic acids is 2. The van der Waals surface area contributed by atoms with E-state index in [9.17, 15) is 9.59 Å². The molecule has 0 N–H and O–H groups in total. The van der Waals surface area contributed by atoms with E-state index in [1.165, 1.54) is 26.4 Å². The van der Waals surface area contributed by atoms with Crippen LogP contribution in [0.15, 0.2) is 36.4 Å². The number of hydrogen-bond acceptors (Lipinski definition) is 6. The number of esters is 2. The minimum absolute atomic E-state index is 0.201. The summed E-state index contributed by atoms with van der Waals surface area (Å²) in [4.78, 5) is 22.9. The summed E-state index contributed by atoms with van der Waals surface area (Å²) in [6.07, 6.45) is 0. The van der Waals surface area contributed by atoms with Gasteiger partial charge in [-0.15, -0.1) is 0 Å². The Hall–Kier alpha value is -2.44. The maximum atomic E-state index is 11.4. The summed E-state index contributed by atoms with van der Waals surface area (Å²) in [6, 6.07) is 9.18. The molecule has 26 heavy (non-hydrogen) atoms. The largest absolute Gasteiger partial charge is 0.488 e. The van der Waals surface area contributed by atoms with Crippen molar-refractivity contribution in [1.29, 1.82) is 0 Å². The molecule has 0 heterocycles. The highest BCUT2D eigenvalue weighted by atomic mass is 35.5. The lowest BCUT2D eigenvalue weighted by molar-refractivity contribution is 0.0591. The zero-order valence-electron chi connectivity index (χ0n) is 14.1. The number of hydrogen-bond donors (Lipinski definition) is 0. The van der Waals surface area contributed by atoms with Crippen LogP contribution in [0.4, 0.5) is 0 Å². The van der Waals surface area contributed by atoms with Crippen molar-refractivity contribution in [3.05, 3.63) is 57.6 Å². The summed E-state index contributed by atoms with van der Waals surface area (Å²) < 4.78 is 20.3. The SMILES string of the molecule is COC(=O)c1ccc(OCCOc2ccc(C(=O)OC)cc2Cl)c(Cl)c1. The molecule has 0 aliphatic carbocycles. The first-order valence-electron chi connectivity index (χ1n) is 7.47. The van der Waals surface area contributed by atoms with E-state index >= 15 is 0 Å². The maximum absolute atomic E-state index is 11.4. The molecule has 0 saturated carbocycles. The fraction of sp³-hybridized carbons (Fsp3) is 0.222. The van der Waals surface area contributed by atoms with Gasteiger partial charge in [0.1, 0.15) is 24.7 Å². The Bertz CT molecular complexity index is 739. The maximum Gasteiger partial charge on any atom is 0.337 e. The molecule has 8 heteroatoms. The number of halogens is 2. The van der Waals surface area contributed by atoms with Gasteiger partial charge in [-0.2, -0.15) is 0 Å². The van der Waals surface area contributed by atoms with Crippen LogP contribution >= 0.6 is 23.2 Å². The van der Waals surface area contributed by atoms with Gasteiger partial charge in [-0.25, -0.2) is 9.59 Å². The van der Waals surface area contributed by atoms with E-state index in [2.05, 4.69) is 9.47 Å². The third-order valence-corrected chi connectivity index (χ3v) is 3.90. The van der Waals surface area contributed by atoms with Crippen molar-refractivity contribution in [2.75, 3.05) is 27.4 Å². The van der Waals surface area contributed by atoms with Gasteiger partial charge in [0, 0.05) is 0 Å². The van der Waals surface area contributed by atoms with Crippen molar-refractivity contribution in [2.24, 2.45) is 0 Å². The highest BCUT2D eigenvalue weighted by Gasteiger charge is 2.11. The Balaban J connectivity index is 1.89. The van der Waals surface area contributed by atoms with Gasteiger partial charge in [-0.3, -0.25) is 0 Å². The normalized spacial score (nSPS) is 10.2. The summed E-state index contributed by atoms with van der Waals surface area (Å²) >= 11 is 12.1. The first-order chi connectivity index (χ1) is 12.5. The molecule has 0 radical (unpaired) electrons. The lowest BCUT2D eigenvalue weighted by Crippen LogP contribution is -2.10. The van der Waals surface area contributed by atoms with Crippen LogP contribution in [0, 0.1) is 0 Å². The lowest BCUT2D eigenvalue weighted by atomic mass is 10.2. The van der Waals surface area contributed by atoms with Crippen LogP contribution in [0.5, 0.6) is 11.5 Å². The molecule has 0 atom stereocenters. The smallest absolute Gasteiger partial charge is 0.337 e. The molecule has 2 aromatic carbocycles. The second kappa shape index (κ2) is 9.31. The van der Waals surface area contributed by atoms with Crippen molar-refractivity contribution in [3.63, 3.8) is 0 Å². The molecule has 0 spiro atoms. The van der Waals surface area contributed by atoms with Gasteiger partial charge in [0.05, 0.1) is 35.4 Å². The highest BCUT2D eigenvalue weighted by Crippen LogP contribution is 2.27. The van der Waals surface area contributed by atoms with Gasteiger partial charge >= 0.3 is 11.9 Å². The fourth-order valence-electron chi connectivity index (χ4n) is 2.03. The third kappa shape index (κ3) is 5.03. The van der Waals surface area contributed by atoms with Crippen molar-refractivity contribution in [3.8, 4) is 11.5 Å². The zero-order valence-corrected chi connectivity index (χ0v) is 15.6. The number of rotatable bonds is 7. The van der Waals surface area contributed by atoms with Gasteiger partial charge in [-0.1, -0.05) is 23.2 Å². The molecule has 0 aromatic heterocycles. The van der Waals surface area contributed by atoms with Gasteiger partial charge < -0.3 is 18.9 Å². The topological polar surface area (TPSA) is 71.1 Å². The summed E-state index contributed by atoms with van der Waals surface area (Å²) in [5, 5.41) is 0.571. The molecule has 0 amide bonds. The molecule has 2 aromatic rings. The van der Waals surface area contributed by atoms with E-state index in [1.807, 2.05) is 0 Å². The van der Waals surface area contributed by atoms with Crippen LogP contribution in [0.1, 0.15) is 20.7 Å². The van der Waals surface area contributed by atoms with Crippen molar-refractivity contribution in [1.82, 2.24) is 0 Å². The fourth-order valence-corrected chi connectivity index (χ4v) is 2.50. The Kier molecular flexibility index (Phi) is 7.12. The van der Waals surface area contributed by atoms with E-state index in [1.54, 1.807) is 24.3 Å². The average Bonchev–Trinajstić information content (AvgIpc) is 2.65. The van der Waals surface area contributed by atoms with E-state index in [-0.39, 0.29) is 23.3 Å². The van der Waals surface area contributed by atoms with E-state index < -0.39 is 11.9 Å². The standard InChI is InChI=1S/C18H16Cl2O6/c1-23-17(21)11-3-5-15(13(19)9-11)25-7-8-26-16-6-4-12(10-14(16)20)18(22)24-2/h3-6,9-10H,7-8H2,1-2H3. The predicted molar refractivity (Wildman–Crippen MR) is 96.6 cm³/mol. The second-order valence-electron chi connectivity index (χ2n) is 4.97. The van der Waals surface area contributed by atoms with E-state index in [0.717, 1.165) is 0 Å². The van der Waals surface area contributed by atoms with E-state index in [0.29, 0.717) is 22.6 Å². The molecule has 2 rings (SSSR count). The Labute approximate surface area is 160 Å². The Morgan fingerprint density at radius 3 is 1.46 bits per heavy atom. The number of ether oxygens (including phenoxy) is 4. The van der Waals surface area contributed by atoms with Crippen molar-refractivity contribution < 1.29 is 28.5 Å². The number of benzene rings is 2. The first-order valence-corrected chi connectivity index (χ1v) is 8.23. The summed E-state index contributed by atoms with van der Waals surface area (Å²) in [7, 11) is 2.58. The predicted octanol–water partition coefficient (Wildman–Crippen LogP) is 4.02. The number of methoxy groups -OCH3 is 2. The molecule has 0 saturated heterocycles. The average molecular weight is 399 g/mol. The van der Waals surface area contributed by atoms with Crippen LogP contribution in [0.25, 0.3) is 0 Å². The summed E-state index contributed by atoms with van der Waals surface area (Å²) in [6.45, 7) is 0.402. The lowest BCUT2D eigenvalue weighted by Gasteiger charge is -2.11. The molecule has 0 unspecified atom stereocenters. The van der Waals surface area contributed by atoms with Crippen molar-refractivity contribution in [2.45, 2.75) is 0 Å². The van der Waals surface area contributed by atoms with Crippen LogP contribution in [-0.4, -0.2) is 39.4 Å². The molecule has 0 aliphatic rings. The quantitative estimate of drug-likeness (QED) is 0.517. The van der Waals surface area contributed by atoms with Gasteiger partial charge in [0.15, 0.2) is 0 Å². The van der Waals surface area contributed by atoms with Crippen LogP contribution < -0.4 is 9.47 Å². The third-order valence-electron chi connectivity index (χ3n) is 3.30. The van der Waals surface area contributed by atoms with Crippen LogP contribution in [0.3, 0.4) is 0 Å². The molecular formula is C18H16Cl2O6. The Morgan fingerprint density at radius 2 is 1.15 bits per heavy atom. The first kappa shape index (κ1) is 19.9. The number of carbonyl (C=O) groups is 2. The molecule has 0 fully saturated rings. The minimum Gasteiger partial charge on any atom is -0.488 e. The van der Waals surface area contributed by atoms with E-state index in [4.69, 9.17) is 32.7 Å². The van der Waals surface area contributed by atoms with Crippen LogP contribution in [0.2, 0.25) is 10.0 Å².